The number of aromatic hydroxyl groups is 1. The molecule has 7 nitrogen and oxygen atoms in total. The number of hydrogen-bond donors (Lipinski definition) is 2. The Morgan fingerprint density at radius 1 is 1.11 bits per heavy atom. The number of aromatic carboxylic acids is 1. The normalized spacial score (nSPS) is 13.4. The Bertz CT molecular complexity index is 1510. The first-order valence-electron chi connectivity index (χ1n) is 12.4. The summed E-state index contributed by atoms with van der Waals surface area (Å²) in [6.45, 7) is 5.67. The van der Waals surface area contributed by atoms with Crippen LogP contribution in [-0.2, 0) is 39.1 Å². The maximum Gasteiger partial charge on any atom is 0.343 e. The van der Waals surface area contributed by atoms with Gasteiger partial charge in [0.1, 0.15) is 23.7 Å². The van der Waals surface area contributed by atoms with E-state index in [1.54, 1.807) is 24.3 Å². The van der Waals surface area contributed by atoms with Gasteiger partial charge in [-0.25, -0.2) is 9.59 Å². The number of nitrogens with zero attached hydrogens (tertiary/aromatic N) is 1. The maximum absolute atomic E-state index is 13.3. The van der Waals surface area contributed by atoms with Crippen LogP contribution in [0.4, 0.5) is 0 Å². The quantitative estimate of drug-likeness (QED) is 0.220. The molecule has 1 aliphatic heterocycles. The van der Waals surface area contributed by atoms with Crippen LogP contribution >= 0.6 is 0 Å². The summed E-state index contributed by atoms with van der Waals surface area (Å²) < 4.78 is 11.5. The Labute approximate surface area is 245 Å². The van der Waals surface area contributed by atoms with Gasteiger partial charge in [-0.05, 0) is 67.7 Å². The summed E-state index contributed by atoms with van der Waals surface area (Å²) in [5, 5.41) is 20.3. The number of carboxylic acids is 1. The van der Waals surface area contributed by atoms with Gasteiger partial charge in [-0.3, -0.25) is 4.90 Å². The molecule has 3 aromatic carbocycles. The predicted octanol–water partition coefficient (Wildman–Crippen LogP) is 5.04. The van der Waals surface area contributed by atoms with Gasteiger partial charge < -0.3 is 19.4 Å². The zero-order valence-electron chi connectivity index (χ0n) is 21.2. The summed E-state index contributed by atoms with van der Waals surface area (Å²) in [4.78, 5) is 27.6. The molecule has 0 spiro atoms. The number of rotatable bonds is 8. The average Bonchev–Trinajstić information content (AvgIpc) is 3.39. The van der Waals surface area contributed by atoms with Crippen LogP contribution in [0.15, 0.2) is 63.8 Å². The molecule has 0 unspecified atom stereocenters. The topological polar surface area (TPSA) is 100 Å². The minimum atomic E-state index is -1.37. The molecule has 5 rings (SSSR count). The fraction of sp³-hybridized carbons (Fsp3) is 0.267. The van der Waals surface area contributed by atoms with Crippen molar-refractivity contribution in [3.05, 3.63) is 93.3 Å². The van der Waals surface area contributed by atoms with Crippen LogP contribution in [0.1, 0.15) is 39.9 Å². The van der Waals surface area contributed by atoms with Crippen LogP contribution < -0.4 is 10.4 Å². The Morgan fingerprint density at radius 3 is 2.53 bits per heavy atom. The molecule has 1 aromatic heterocycles. The SMILES string of the molecule is Cc1c[c-]ccc1-c1c(Cc2ccc(OCCN3CCCC3)cc2)c2ccc(O)c(C(=O)O)c2oc1=O.[Y]. The summed E-state index contributed by atoms with van der Waals surface area (Å²) in [7, 11) is 0. The molecule has 0 bridgehead atoms. The van der Waals surface area contributed by atoms with E-state index < -0.39 is 22.9 Å². The van der Waals surface area contributed by atoms with Crippen molar-refractivity contribution in [1.29, 1.82) is 0 Å². The second-order valence-corrected chi connectivity index (χ2v) is 9.34. The Kier molecular flexibility index (Phi) is 9.03. The number of fused-ring (bicyclic) bond motifs is 1. The van der Waals surface area contributed by atoms with E-state index in [0.29, 0.717) is 35.1 Å². The maximum atomic E-state index is 13.3. The van der Waals surface area contributed by atoms with Crippen molar-refractivity contribution in [2.24, 2.45) is 0 Å². The Balaban J connectivity index is 0.00000336. The number of ether oxygens (including phenoxy) is 1. The summed E-state index contributed by atoms with van der Waals surface area (Å²) in [6.07, 6.45) is 2.85. The summed E-state index contributed by atoms with van der Waals surface area (Å²) in [6, 6.07) is 18.9. The molecule has 1 radical (unpaired) electrons. The third-order valence-electron chi connectivity index (χ3n) is 6.89. The molecule has 0 amide bonds. The number of benzene rings is 3. The van der Waals surface area contributed by atoms with E-state index in [-0.39, 0.29) is 38.3 Å². The molecule has 1 aliphatic rings. The van der Waals surface area contributed by atoms with Crippen LogP contribution in [-0.4, -0.2) is 47.3 Å². The molecule has 0 saturated carbocycles. The van der Waals surface area contributed by atoms with Crippen molar-refractivity contribution < 1.29 is 56.9 Å². The third-order valence-corrected chi connectivity index (χ3v) is 6.89. The molecular formula is C30H28NO6Y-. The van der Waals surface area contributed by atoms with E-state index in [2.05, 4.69) is 11.0 Å². The Morgan fingerprint density at radius 2 is 1.84 bits per heavy atom. The molecule has 193 valence electrons. The predicted molar refractivity (Wildman–Crippen MR) is 141 cm³/mol. The van der Waals surface area contributed by atoms with Gasteiger partial charge in [0.25, 0.3) is 0 Å². The van der Waals surface area contributed by atoms with Crippen LogP contribution in [0.2, 0.25) is 0 Å². The minimum Gasteiger partial charge on any atom is -0.507 e. The van der Waals surface area contributed by atoms with Crippen molar-refractivity contribution >= 4 is 16.9 Å². The molecule has 38 heavy (non-hydrogen) atoms. The van der Waals surface area contributed by atoms with E-state index in [9.17, 15) is 19.8 Å². The molecule has 0 atom stereocenters. The zero-order chi connectivity index (χ0) is 25.9. The molecule has 4 aromatic rings. The van der Waals surface area contributed by atoms with Crippen molar-refractivity contribution in [2.45, 2.75) is 26.2 Å². The molecule has 2 N–H and O–H groups in total. The smallest absolute Gasteiger partial charge is 0.343 e. The molecule has 2 heterocycles. The largest absolute Gasteiger partial charge is 0.507 e. The standard InChI is InChI=1S/C30H28NO6.Y/c1-19-6-2-3-7-22(19)26-24(23-12-13-25(32)27(29(33)34)28(23)37-30(26)35)18-20-8-10-21(11-9-20)36-17-16-31-14-4-5-15-31;/h3,6-13,32H,4-5,14-18H2,1H3,(H,33,34);/q-1;. The zero-order valence-corrected chi connectivity index (χ0v) is 24.0. The first kappa shape index (κ1) is 28.0. The van der Waals surface area contributed by atoms with Crippen LogP contribution in [0.5, 0.6) is 11.5 Å². The Hall–Kier alpha value is -3.00. The molecule has 0 aliphatic carbocycles. The number of aryl methyl sites for hydroxylation is 1. The van der Waals surface area contributed by atoms with E-state index in [0.717, 1.165) is 36.5 Å². The van der Waals surface area contributed by atoms with Crippen LogP contribution in [0.25, 0.3) is 22.1 Å². The van der Waals surface area contributed by atoms with Crippen molar-refractivity contribution in [2.75, 3.05) is 26.2 Å². The first-order chi connectivity index (χ1) is 17.9. The van der Waals surface area contributed by atoms with Crippen molar-refractivity contribution in [3.8, 4) is 22.6 Å². The van der Waals surface area contributed by atoms with E-state index in [1.807, 2.05) is 31.2 Å². The number of hydrogen-bond acceptors (Lipinski definition) is 6. The van der Waals surface area contributed by atoms with Crippen molar-refractivity contribution in [3.63, 3.8) is 0 Å². The van der Waals surface area contributed by atoms with Crippen LogP contribution in [0, 0.1) is 13.0 Å². The number of carbonyl (C=O) groups is 1. The monoisotopic (exact) mass is 587 g/mol. The summed E-state index contributed by atoms with van der Waals surface area (Å²) >= 11 is 0. The van der Waals surface area contributed by atoms with Gasteiger partial charge in [-0.15, -0.1) is 5.56 Å². The fourth-order valence-electron chi connectivity index (χ4n) is 4.98. The van der Waals surface area contributed by atoms with E-state index in [4.69, 9.17) is 9.15 Å². The second kappa shape index (κ2) is 12.2. The van der Waals surface area contributed by atoms with Gasteiger partial charge in [-0.2, -0.15) is 29.8 Å². The third kappa shape index (κ3) is 5.85. The van der Waals surface area contributed by atoms with E-state index >= 15 is 0 Å². The minimum absolute atomic E-state index is 0. The molecule has 1 saturated heterocycles. The number of likely N-dealkylation sites (tertiary alicyclic amines) is 1. The van der Waals surface area contributed by atoms with Gasteiger partial charge in [-0.1, -0.05) is 19.1 Å². The van der Waals surface area contributed by atoms with Gasteiger partial charge >= 0.3 is 11.6 Å². The van der Waals surface area contributed by atoms with Gasteiger partial charge in [0.2, 0.25) is 0 Å². The molecule has 8 heteroatoms. The van der Waals surface area contributed by atoms with Gasteiger partial charge in [0, 0.05) is 50.2 Å². The van der Waals surface area contributed by atoms with Crippen LogP contribution in [0.3, 0.4) is 0 Å². The second-order valence-electron chi connectivity index (χ2n) is 9.34. The van der Waals surface area contributed by atoms with Gasteiger partial charge in [0.05, 0.1) is 0 Å². The molecule has 1 fully saturated rings. The average molecular weight is 587 g/mol. The first-order valence-corrected chi connectivity index (χ1v) is 12.4. The molecular weight excluding hydrogens is 559 g/mol. The summed E-state index contributed by atoms with van der Waals surface area (Å²) in [5.74, 6) is -1.05. The van der Waals surface area contributed by atoms with E-state index in [1.165, 1.54) is 18.9 Å². The fourth-order valence-corrected chi connectivity index (χ4v) is 4.98. The number of carboxylic acid groups (broad SMARTS) is 1. The number of phenols is 1. The summed E-state index contributed by atoms with van der Waals surface area (Å²) in [5.41, 5.74) is 2.22. The van der Waals surface area contributed by atoms with Gasteiger partial charge in [0.15, 0.2) is 5.58 Å². The van der Waals surface area contributed by atoms with Crippen molar-refractivity contribution in [1.82, 2.24) is 4.90 Å².